The van der Waals surface area contributed by atoms with E-state index in [1.807, 2.05) is 0 Å². The van der Waals surface area contributed by atoms with Gasteiger partial charge in [-0.25, -0.2) is 0 Å². The smallest absolute Gasteiger partial charge is 0.223 e. The normalized spacial score (nSPS) is 26.7. The number of nitrogens with zero attached hydrogens (tertiary/aromatic N) is 2. The van der Waals surface area contributed by atoms with Crippen molar-refractivity contribution in [2.45, 2.75) is 38.2 Å². The maximum absolute atomic E-state index is 12.0. The lowest BCUT2D eigenvalue weighted by Crippen LogP contribution is -2.45. The summed E-state index contributed by atoms with van der Waals surface area (Å²) in [5, 5.41) is 8.76. The molecule has 2 rings (SSSR count). The van der Waals surface area contributed by atoms with Gasteiger partial charge in [0.25, 0.3) is 0 Å². The molecule has 16 heavy (non-hydrogen) atoms. The highest BCUT2D eigenvalue weighted by Gasteiger charge is 2.26. The van der Waals surface area contributed by atoms with Crippen molar-refractivity contribution in [1.82, 2.24) is 4.90 Å². The van der Waals surface area contributed by atoms with Crippen molar-refractivity contribution in [2.75, 3.05) is 19.7 Å². The maximum Gasteiger partial charge on any atom is 0.223 e. The van der Waals surface area contributed by atoms with Gasteiger partial charge < -0.3 is 9.64 Å². The van der Waals surface area contributed by atoms with Crippen molar-refractivity contribution >= 4 is 5.91 Å². The first kappa shape index (κ1) is 11.4. The van der Waals surface area contributed by atoms with E-state index in [9.17, 15) is 4.79 Å². The molecular formula is C12H18N2O2. The van der Waals surface area contributed by atoms with Crippen LogP contribution < -0.4 is 0 Å². The zero-order valence-corrected chi connectivity index (χ0v) is 9.52. The van der Waals surface area contributed by atoms with Crippen molar-refractivity contribution in [2.24, 2.45) is 5.92 Å². The van der Waals surface area contributed by atoms with E-state index in [0.29, 0.717) is 32.0 Å². The van der Waals surface area contributed by atoms with E-state index >= 15 is 0 Å². The highest BCUT2D eigenvalue weighted by Crippen LogP contribution is 2.28. The summed E-state index contributed by atoms with van der Waals surface area (Å²) in [5.41, 5.74) is 0. The number of rotatable bonds is 2. The molecule has 1 saturated heterocycles. The number of carbonyl (C=O) groups is 1. The van der Waals surface area contributed by atoms with Crippen molar-refractivity contribution in [3.05, 3.63) is 0 Å². The molecule has 0 aromatic carbocycles. The monoisotopic (exact) mass is 222 g/mol. The van der Waals surface area contributed by atoms with Crippen molar-refractivity contribution in [1.29, 1.82) is 5.26 Å². The molecule has 4 nitrogen and oxygen atoms in total. The molecule has 88 valence electrons. The Morgan fingerprint density at radius 3 is 2.88 bits per heavy atom. The van der Waals surface area contributed by atoms with Crippen molar-refractivity contribution < 1.29 is 9.53 Å². The molecule has 1 atom stereocenters. The summed E-state index contributed by atoms with van der Waals surface area (Å²) in [7, 11) is 0. The number of nitriles is 1. The number of hydrogen-bond donors (Lipinski definition) is 0. The molecule has 0 bridgehead atoms. The largest absolute Gasteiger partial charge is 0.360 e. The summed E-state index contributed by atoms with van der Waals surface area (Å²) in [4.78, 5) is 13.8. The minimum atomic E-state index is -0.429. The van der Waals surface area contributed by atoms with Gasteiger partial charge >= 0.3 is 0 Å². The Hall–Kier alpha value is -1.08. The van der Waals surface area contributed by atoms with Gasteiger partial charge in [-0.15, -0.1) is 0 Å². The van der Waals surface area contributed by atoms with Gasteiger partial charge in [0.05, 0.1) is 19.2 Å². The van der Waals surface area contributed by atoms with Gasteiger partial charge in [-0.1, -0.05) is 12.8 Å². The topological polar surface area (TPSA) is 53.3 Å². The Balaban J connectivity index is 1.81. The molecular weight excluding hydrogens is 204 g/mol. The SMILES string of the molecule is N#CC1CN(C(=O)CC2CCCC2)CCO1. The van der Waals surface area contributed by atoms with E-state index in [4.69, 9.17) is 10.00 Å². The Kier molecular flexibility index (Phi) is 3.79. The van der Waals surface area contributed by atoms with Crippen LogP contribution in [-0.4, -0.2) is 36.6 Å². The number of ether oxygens (including phenoxy) is 1. The molecule has 1 aliphatic carbocycles. The van der Waals surface area contributed by atoms with E-state index in [2.05, 4.69) is 6.07 Å². The average Bonchev–Trinajstić information content (AvgIpc) is 2.82. The van der Waals surface area contributed by atoms with Crippen LogP contribution in [0.15, 0.2) is 0 Å². The van der Waals surface area contributed by atoms with Gasteiger partial charge in [-0.2, -0.15) is 5.26 Å². The van der Waals surface area contributed by atoms with Crippen molar-refractivity contribution in [3.8, 4) is 6.07 Å². The fraction of sp³-hybridized carbons (Fsp3) is 0.833. The summed E-state index contributed by atoms with van der Waals surface area (Å²) in [6.07, 6.45) is 5.15. The Bertz CT molecular complexity index is 292. The Labute approximate surface area is 96.2 Å². The first-order valence-electron chi connectivity index (χ1n) is 6.08. The molecule has 0 radical (unpaired) electrons. The predicted molar refractivity (Wildman–Crippen MR) is 58.5 cm³/mol. The predicted octanol–water partition coefficient (Wildman–Crippen LogP) is 1.32. The summed E-state index contributed by atoms with van der Waals surface area (Å²) < 4.78 is 5.22. The zero-order valence-electron chi connectivity index (χ0n) is 9.52. The lowest BCUT2D eigenvalue weighted by atomic mass is 10.0. The minimum absolute atomic E-state index is 0.204. The van der Waals surface area contributed by atoms with Crippen molar-refractivity contribution in [3.63, 3.8) is 0 Å². The molecule has 0 aromatic rings. The van der Waals surface area contributed by atoms with Gasteiger partial charge in [0.1, 0.15) is 0 Å². The summed E-state index contributed by atoms with van der Waals surface area (Å²) in [6, 6.07) is 2.07. The maximum atomic E-state index is 12.0. The van der Waals surface area contributed by atoms with Gasteiger partial charge in [-0.05, 0) is 18.8 Å². The number of carbonyl (C=O) groups excluding carboxylic acids is 1. The third-order valence-corrected chi connectivity index (χ3v) is 3.50. The summed E-state index contributed by atoms with van der Waals surface area (Å²) >= 11 is 0. The van der Waals surface area contributed by atoms with E-state index in [-0.39, 0.29) is 5.91 Å². The lowest BCUT2D eigenvalue weighted by molar-refractivity contribution is -0.137. The molecule has 1 heterocycles. The number of amides is 1. The number of morpholine rings is 1. The highest BCUT2D eigenvalue weighted by atomic mass is 16.5. The second kappa shape index (κ2) is 5.31. The highest BCUT2D eigenvalue weighted by molar-refractivity contribution is 5.76. The van der Waals surface area contributed by atoms with Crippen LogP contribution in [0.25, 0.3) is 0 Å². The Morgan fingerprint density at radius 1 is 1.44 bits per heavy atom. The molecule has 1 aliphatic heterocycles. The van der Waals surface area contributed by atoms with Gasteiger partial charge in [0, 0.05) is 13.0 Å². The molecule has 0 spiro atoms. The molecule has 1 amide bonds. The molecule has 2 aliphatic rings. The van der Waals surface area contributed by atoms with Crippen LogP contribution in [0, 0.1) is 17.2 Å². The van der Waals surface area contributed by atoms with Gasteiger partial charge in [-0.3, -0.25) is 4.79 Å². The van der Waals surface area contributed by atoms with Gasteiger partial charge in [0.15, 0.2) is 6.10 Å². The van der Waals surface area contributed by atoms with E-state index in [1.165, 1.54) is 25.7 Å². The zero-order chi connectivity index (χ0) is 11.4. The van der Waals surface area contributed by atoms with Crippen LogP contribution in [0.5, 0.6) is 0 Å². The van der Waals surface area contributed by atoms with Crippen LogP contribution in [-0.2, 0) is 9.53 Å². The van der Waals surface area contributed by atoms with E-state index in [0.717, 1.165) is 0 Å². The first-order chi connectivity index (χ1) is 7.79. The number of hydrogen-bond acceptors (Lipinski definition) is 3. The standard InChI is InChI=1S/C12H18N2O2/c13-8-11-9-14(5-6-16-11)12(15)7-10-3-1-2-4-10/h10-11H,1-7,9H2. The second-order valence-electron chi connectivity index (χ2n) is 4.68. The summed E-state index contributed by atoms with van der Waals surface area (Å²) in [5.74, 6) is 0.784. The minimum Gasteiger partial charge on any atom is -0.360 e. The van der Waals surface area contributed by atoms with Crippen LogP contribution in [0.2, 0.25) is 0 Å². The fourth-order valence-corrected chi connectivity index (χ4v) is 2.54. The van der Waals surface area contributed by atoms with E-state index < -0.39 is 6.10 Å². The van der Waals surface area contributed by atoms with Crippen LogP contribution in [0.1, 0.15) is 32.1 Å². The molecule has 0 aromatic heterocycles. The third-order valence-electron chi connectivity index (χ3n) is 3.50. The Morgan fingerprint density at radius 2 is 2.19 bits per heavy atom. The summed E-state index contributed by atoms with van der Waals surface area (Å²) in [6.45, 7) is 1.58. The second-order valence-corrected chi connectivity index (χ2v) is 4.68. The third kappa shape index (κ3) is 2.73. The molecule has 0 N–H and O–H groups in total. The molecule has 1 saturated carbocycles. The van der Waals surface area contributed by atoms with Gasteiger partial charge in [0.2, 0.25) is 5.91 Å². The molecule has 4 heteroatoms. The molecule has 2 fully saturated rings. The fourth-order valence-electron chi connectivity index (χ4n) is 2.54. The molecule has 1 unspecified atom stereocenters. The average molecular weight is 222 g/mol. The lowest BCUT2D eigenvalue weighted by Gasteiger charge is -2.30. The van der Waals surface area contributed by atoms with Crippen LogP contribution in [0.3, 0.4) is 0 Å². The van der Waals surface area contributed by atoms with Crippen LogP contribution >= 0.6 is 0 Å². The first-order valence-corrected chi connectivity index (χ1v) is 6.08. The quantitative estimate of drug-likeness (QED) is 0.708. The van der Waals surface area contributed by atoms with Crippen LogP contribution in [0.4, 0.5) is 0 Å². The van der Waals surface area contributed by atoms with E-state index in [1.54, 1.807) is 4.90 Å².